The summed E-state index contributed by atoms with van der Waals surface area (Å²) in [5, 5.41) is 0. The molecule has 0 radical (unpaired) electrons. The van der Waals surface area contributed by atoms with E-state index in [2.05, 4.69) is 5.48 Å². The number of hydroxylamine groups is 1. The molecule has 1 N–H and O–H groups in total. The van der Waals surface area contributed by atoms with Gasteiger partial charge in [-0.3, -0.25) is 14.4 Å². The van der Waals surface area contributed by atoms with Gasteiger partial charge >= 0.3 is 0 Å². The van der Waals surface area contributed by atoms with Crippen molar-refractivity contribution in [3.05, 3.63) is 60.1 Å². The lowest BCUT2D eigenvalue weighted by Gasteiger charge is -2.24. The highest BCUT2D eigenvalue weighted by Gasteiger charge is 2.36. The second-order valence-electron chi connectivity index (χ2n) is 6.06. The van der Waals surface area contributed by atoms with Crippen molar-refractivity contribution in [3.63, 3.8) is 0 Å². The van der Waals surface area contributed by atoms with E-state index in [1.807, 2.05) is 42.5 Å². The van der Waals surface area contributed by atoms with Crippen molar-refractivity contribution in [1.29, 1.82) is 0 Å². The van der Waals surface area contributed by atoms with Crippen molar-refractivity contribution in [2.75, 3.05) is 6.61 Å². The fourth-order valence-corrected chi connectivity index (χ4v) is 2.95. The maximum Gasteiger partial charge on any atom is 0.266 e. The number of aryl methyl sites for hydroxylation is 1. The summed E-state index contributed by atoms with van der Waals surface area (Å²) in [5.74, 6) is 0.631. The van der Waals surface area contributed by atoms with Crippen LogP contribution in [0.2, 0.25) is 0 Å². The minimum absolute atomic E-state index is 0.00169. The van der Waals surface area contributed by atoms with Crippen LogP contribution in [0.25, 0.3) is 0 Å². The van der Waals surface area contributed by atoms with Crippen molar-refractivity contribution in [3.8, 4) is 0 Å². The first kappa shape index (κ1) is 17.2. The lowest BCUT2D eigenvalue weighted by atomic mass is 10.2. The number of nitrogens with one attached hydrogen (secondary N) is 1. The van der Waals surface area contributed by atoms with Crippen LogP contribution in [0.3, 0.4) is 0 Å². The van der Waals surface area contributed by atoms with Gasteiger partial charge in [-0.05, 0) is 30.5 Å². The minimum atomic E-state index is -0.474. The maximum absolute atomic E-state index is 12.3. The molecule has 1 aliphatic rings. The number of carbonyl (C=O) groups excluding carboxylic acids is 2. The van der Waals surface area contributed by atoms with Gasteiger partial charge in [0.05, 0.1) is 12.9 Å². The summed E-state index contributed by atoms with van der Waals surface area (Å²) in [5.41, 5.74) is 3.49. The average Bonchev–Trinajstić information content (AvgIpc) is 3.26. The van der Waals surface area contributed by atoms with Crippen LogP contribution in [0.5, 0.6) is 0 Å². The molecule has 1 atom stereocenters. The molecule has 0 spiro atoms. The van der Waals surface area contributed by atoms with Crippen LogP contribution in [0.4, 0.5) is 0 Å². The molecule has 0 saturated carbocycles. The maximum atomic E-state index is 12.3. The number of furan rings is 1. The molecule has 2 heterocycles. The number of benzene rings is 1. The lowest BCUT2D eigenvalue weighted by Crippen LogP contribution is -2.44. The molecule has 1 aromatic heterocycles. The number of nitrogens with zero attached hydrogens (tertiary/aromatic N) is 1. The summed E-state index contributed by atoms with van der Waals surface area (Å²) in [7, 11) is 0. The Kier molecular flexibility index (Phi) is 5.85. The average molecular weight is 342 g/mol. The van der Waals surface area contributed by atoms with E-state index in [1.54, 1.807) is 11.2 Å². The predicted octanol–water partition coefficient (Wildman–Crippen LogP) is 2.45. The Balaban J connectivity index is 1.44. The van der Waals surface area contributed by atoms with Gasteiger partial charge in [0, 0.05) is 19.4 Å². The molecule has 3 rings (SSSR count). The first-order valence-corrected chi connectivity index (χ1v) is 8.51. The summed E-state index contributed by atoms with van der Waals surface area (Å²) in [6, 6.07) is 13.0. The third-order valence-electron chi connectivity index (χ3n) is 4.25. The van der Waals surface area contributed by atoms with E-state index < -0.39 is 6.04 Å². The van der Waals surface area contributed by atoms with Crippen LogP contribution >= 0.6 is 0 Å². The van der Waals surface area contributed by atoms with Gasteiger partial charge in [-0.25, -0.2) is 5.48 Å². The number of hydrogen-bond donors (Lipinski definition) is 1. The van der Waals surface area contributed by atoms with Crippen LogP contribution in [0, 0.1) is 0 Å². The van der Waals surface area contributed by atoms with E-state index in [0.717, 1.165) is 24.2 Å². The Hall–Kier alpha value is -2.60. The summed E-state index contributed by atoms with van der Waals surface area (Å²) in [6.45, 7) is 0.835. The molecule has 1 aromatic carbocycles. The molecule has 1 aliphatic heterocycles. The first-order chi connectivity index (χ1) is 12.2. The fraction of sp³-hybridized carbons (Fsp3) is 0.368. The zero-order valence-corrected chi connectivity index (χ0v) is 14.0. The Labute approximate surface area is 146 Å². The number of rotatable bonds is 8. The minimum Gasteiger partial charge on any atom is -0.469 e. The van der Waals surface area contributed by atoms with Crippen molar-refractivity contribution in [2.45, 2.75) is 38.3 Å². The number of carbonyl (C=O) groups is 2. The SMILES string of the molecule is O=C(NOCCCc1ccco1)C1CCC(=O)N1Cc1ccccc1. The van der Waals surface area contributed by atoms with Gasteiger partial charge in [-0.2, -0.15) is 0 Å². The molecular weight excluding hydrogens is 320 g/mol. The van der Waals surface area contributed by atoms with Crippen molar-refractivity contribution >= 4 is 11.8 Å². The molecule has 1 fully saturated rings. The smallest absolute Gasteiger partial charge is 0.266 e. The second-order valence-corrected chi connectivity index (χ2v) is 6.06. The standard InChI is InChI=1S/C19H22N2O4/c22-18-11-10-17(21(18)14-15-6-2-1-3-7-15)19(23)20-25-13-5-9-16-8-4-12-24-16/h1-4,6-8,12,17H,5,9-11,13-14H2,(H,20,23). The summed E-state index contributed by atoms with van der Waals surface area (Å²) in [4.78, 5) is 31.3. The summed E-state index contributed by atoms with van der Waals surface area (Å²) < 4.78 is 5.24. The monoisotopic (exact) mass is 342 g/mol. The van der Waals surface area contributed by atoms with Crippen molar-refractivity contribution < 1.29 is 18.8 Å². The van der Waals surface area contributed by atoms with Crippen LogP contribution in [-0.2, 0) is 27.4 Å². The molecule has 1 unspecified atom stereocenters. The Morgan fingerprint density at radius 2 is 2.08 bits per heavy atom. The second kappa shape index (κ2) is 8.48. The van der Waals surface area contributed by atoms with Crippen molar-refractivity contribution in [2.24, 2.45) is 0 Å². The predicted molar refractivity (Wildman–Crippen MR) is 91.1 cm³/mol. The Morgan fingerprint density at radius 3 is 2.84 bits per heavy atom. The lowest BCUT2D eigenvalue weighted by molar-refractivity contribution is -0.143. The van der Waals surface area contributed by atoms with Gasteiger partial charge in [-0.1, -0.05) is 30.3 Å². The fourth-order valence-electron chi connectivity index (χ4n) is 2.95. The van der Waals surface area contributed by atoms with Gasteiger partial charge in [-0.15, -0.1) is 0 Å². The summed E-state index contributed by atoms with van der Waals surface area (Å²) in [6.07, 6.45) is 4.04. The molecule has 6 heteroatoms. The van der Waals surface area contributed by atoms with E-state index >= 15 is 0 Å². The molecule has 0 bridgehead atoms. The van der Waals surface area contributed by atoms with E-state index in [0.29, 0.717) is 26.0 Å². The number of amides is 2. The van der Waals surface area contributed by atoms with Crippen LogP contribution in [0.1, 0.15) is 30.6 Å². The molecular formula is C19H22N2O4. The zero-order valence-electron chi connectivity index (χ0n) is 14.0. The highest BCUT2D eigenvalue weighted by atomic mass is 16.6. The van der Waals surface area contributed by atoms with Gasteiger partial charge in [0.15, 0.2) is 0 Å². The van der Waals surface area contributed by atoms with Crippen LogP contribution in [0.15, 0.2) is 53.1 Å². The number of likely N-dealkylation sites (tertiary alicyclic amines) is 1. The quantitative estimate of drug-likeness (QED) is 0.591. The third kappa shape index (κ3) is 4.70. The highest BCUT2D eigenvalue weighted by Crippen LogP contribution is 2.21. The van der Waals surface area contributed by atoms with E-state index in [1.165, 1.54) is 0 Å². The molecule has 1 saturated heterocycles. The zero-order chi connectivity index (χ0) is 17.5. The normalized spacial score (nSPS) is 17.0. The van der Waals surface area contributed by atoms with Gasteiger partial charge in [0.2, 0.25) is 5.91 Å². The van der Waals surface area contributed by atoms with Gasteiger partial charge < -0.3 is 9.32 Å². The van der Waals surface area contributed by atoms with Gasteiger partial charge in [0.25, 0.3) is 5.91 Å². The summed E-state index contributed by atoms with van der Waals surface area (Å²) >= 11 is 0. The molecule has 2 amide bonds. The van der Waals surface area contributed by atoms with Crippen LogP contribution < -0.4 is 5.48 Å². The molecule has 2 aromatic rings. The molecule has 0 aliphatic carbocycles. The largest absolute Gasteiger partial charge is 0.469 e. The van der Waals surface area contributed by atoms with Crippen molar-refractivity contribution in [1.82, 2.24) is 10.4 Å². The van der Waals surface area contributed by atoms with Gasteiger partial charge in [0.1, 0.15) is 11.8 Å². The molecule has 132 valence electrons. The highest BCUT2D eigenvalue weighted by molar-refractivity contribution is 5.90. The molecule has 25 heavy (non-hydrogen) atoms. The topological polar surface area (TPSA) is 71.8 Å². The first-order valence-electron chi connectivity index (χ1n) is 8.51. The number of hydrogen-bond acceptors (Lipinski definition) is 4. The third-order valence-corrected chi connectivity index (χ3v) is 4.25. The molecule has 6 nitrogen and oxygen atoms in total. The van der Waals surface area contributed by atoms with E-state index in [9.17, 15) is 9.59 Å². The Morgan fingerprint density at radius 1 is 1.24 bits per heavy atom. The Bertz CT molecular complexity index is 685. The van der Waals surface area contributed by atoms with E-state index in [-0.39, 0.29) is 11.8 Å². The van der Waals surface area contributed by atoms with E-state index in [4.69, 9.17) is 9.25 Å². The van der Waals surface area contributed by atoms with Crippen LogP contribution in [-0.4, -0.2) is 29.4 Å².